The largest absolute Gasteiger partial charge is 0.306 e. The fourth-order valence-electron chi connectivity index (χ4n) is 2.39. The molecule has 24 heavy (non-hydrogen) atoms. The van der Waals surface area contributed by atoms with E-state index >= 15 is 0 Å². The Kier molecular flexibility index (Phi) is 6.69. The summed E-state index contributed by atoms with van der Waals surface area (Å²) in [5, 5.41) is 4.83. The molecule has 1 heterocycles. The van der Waals surface area contributed by atoms with Crippen LogP contribution in [0, 0.1) is 0 Å². The van der Waals surface area contributed by atoms with Crippen LogP contribution < -0.4 is 5.32 Å². The molecule has 1 N–H and O–H groups in total. The van der Waals surface area contributed by atoms with Gasteiger partial charge in [-0.3, -0.25) is 0 Å². The van der Waals surface area contributed by atoms with Crippen molar-refractivity contribution in [1.82, 2.24) is 14.9 Å². The van der Waals surface area contributed by atoms with E-state index in [4.69, 9.17) is 23.2 Å². The lowest BCUT2D eigenvalue weighted by atomic mass is 10.1. The van der Waals surface area contributed by atoms with E-state index in [1.807, 2.05) is 22.9 Å². The summed E-state index contributed by atoms with van der Waals surface area (Å²) in [5.74, 6) is 0. The molecule has 3 rings (SSSR count). The molecular formula is C18H18Cl3N3. The molecule has 0 aliphatic carbocycles. The highest BCUT2D eigenvalue weighted by atomic mass is 35.5. The Morgan fingerprint density at radius 1 is 1.12 bits per heavy atom. The summed E-state index contributed by atoms with van der Waals surface area (Å²) in [6.45, 7) is 2.83. The Balaban J connectivity index is 0.00000208. The summed E-state index contributed by atoms with van der Waals surface area (Å²) in [6, 6.07) is 14.2. The molecule has 0 amide bonds. The van der Waals surface area contributed by atoms with Crippen LogP contribution in [0.25, 0.3) is 5.69 Å². The molecule has 0 spiro atoms. The van der Waals surface area contributed by atoms with Gasteiger partial charge in [0.25, 0.3) is 0 Å². The fraction of sp³-hybridized carbons (Fsp3) is 0.167. The fourth-order valence-corrected chi connectivity index (χ4v) is 2.87. The molecule has 0 fully saturated rings. The zero-order valence-corrected chi connectivity index (χ0v) is 15.4. The summed E-state index contributed by atoms with van der Waals surface area (Å²) in [4.78, 5) is 4.06. The van der Waals surface area contributed by atoms with Crippen molar-refractivity contribution in [2.24, 2.45) is 0 Å². The molecule has 1 atom stereocenters. The van der Waals surface area contributed by atoms with E-state index in [1.54, 1.807) is 18.6 Å². The van der Waals surface area contributed by atoms with Gasteiger partial charge in [0.05, 0.1) is 6.33 Å². The molecule has 6 heteroatoms. The Bertz CT molecular complexity index is 771. The summed E-state index contributed by atoms with van der Waals surface area (Å²) in [7, 11) is 0. The average Bonchev–Trinajstić information content (AvgIpc) is 3.08. The number of hydrogen-bond donors (Lipinski definition) is 1. The van der Waals surface area contributed by atoms with Gasteiger partial charge >= 0.3 is 0 Å². The van der Waals surface area contributed by atoms with Crippen LogP contribution >= 0.6 is 35.6 Å². The second-order valence-corrected chi connectivity index (χ2v) is 6.24. The third-order valence-electron chi connectivity index (χ3n) is 3.81. The predicted molar refractivity (Wildman–Crippen MR) is 103 cm³/mol. The molecule has 0 aliphatic rings. The van der Waals surface area contributed by atoms with Gasteiger partial charge in [-0.25, -0.2) is 4.98 Å². The molecule has 0 saturated carbocycles. The number of benzene rings is 2. The molecule has 1 aromatic heterocycles. The summed E-state index contributed by atoms with van der Waals surface area (Å²) < 4.78 is 1.98. The first-order chi connectivity index (χ1) is 11.1. The Morgan fingerprint density at radius 3 is 2.50 bits per heavy atom. The van der Waals surface area contributed by atoms with Crippen LogP contribution in [0.1, 0.15) is 24.1 Å². The van der Waals surface area contributed by atoms with Crippen LogP contribution in [0.15, 0.2) is 61.2 Å². The summed E-state index contributed by atoms with van der Waals surface area (Å²) in [6.07, 6.45) is 5.49. The second-order valence-electron chi connectivity index (χ2n) is 5.40. The van der Waals surface area contributed by atoms with Gasteiger partial charge in [-0.1, -0.05) is 41.4 Å². The molecule has 2 aromatic carbocycles. The van der Waals surface area contributed by atoms with Gasteiger partial charge in [0, 0.05) is 40.7 Å². The Morgan fingerprint density at radius 2 is 1.88 bits per heavy atom. The van der Waals surface area contributed by atoms with E-state index in [1.165, 1.54) is 5.56 Å². The first kappa shape index (κ1) is 18.8. The standard InChI is InChI=1S/C18H17Cl2N3.ClH/c1-13(22-11-15-2-5-16(19)10-18(15)20)14-3-6-17(7-4-14)23-9-8-21-12-23;/h2-10,12-13,22H,11H2,1H3;1H. The van der Waals surface area contributed by atoms with Crippen molar-refractivity contribution in [3.8, 4) is 5.69 Å². The van der Waals surface area contributed by atoms with Crippen molar-refractivity contribution in [3.63, 3.8) is 0 Å². The van der Waals surface area contributed by atoms with E-state index < -0.39 is 0 Å². The quantitative estimate of drug-likeness (QED) is 0.635. The second kappa shape index (κ2) is 8.54. The monoisotopic (exact) mass is 381 g/mol. The van der Waals surface area contributed by atoms with E-state index in [2.05, 4.69) is 41.5 Å². The van der Waals surface area contributed by atoms with Crippen LogP contribution in [0.4, 0.5) is 0 Å². The van der Waals surface area contributed by atoms with Crippen molar-refractivity contribution in [3.05, 3.63) is 82.4 Å². The minimum atomic E-state index is 0. The lowest BCUT2D eigenvalue weighted by Crippen LogP contribution is -2.18. The molecule has 3 aromatic rings. The number of nitrogens with zero attached hydrogens (tertiary/aromatic N) is 2. The molecule has 3 nitrogen and oxygen atoms in total. The number of hydrogen-bond acceptors (Lipinski definition) is 2. The van der Waals surface area contributed by atoms with Gasteiger partial charge in [0.1, 0.15) is 0 Å². The SMILES string of the molecule is CC(NCc1ccc(Cl)cc1Cl)c1ccc(-n2ccnc2)cc1.Cl. The molecule has 0 radical (unpaired) electrons. The lowest BCUT2D eigenvalue weighted by molar-refractivity contribution is 0.575. The van der Waals surface area contributed by atoms with Gasteiger partial charge in [0.15, 0.2) is 0 Å². The van der Waals surface area contributed by atoms with Crippen LogP contribution in [-0.2, 0) is 6.54 Å². The number of nitrogens with one attached hydrogen (secondary N) is 1. The highest BCUT2D eigenvalue weighted by molar-refractivity contribution is 6.35. The number of aromatic nitrogens is 2. The minimum Gasteiger partial charge on any atom is -0.306 e. The van der Waals surface area contributed by atoms with Crippen LogP contribution in [0.2, 0.25) is 10.0 Å². The van der Waals surface area contributed by atoms with Crippen molar-refractivity contribution >= 4 is 35.6 Å². The third-order valence-corrected chi connectivity index (χ3v) is 4.40. The summed E-state index contributed by atoms with van der Waals surface area (Å²) >= 11 is 12.1. The van der Waals surface area contributed by atoms with Crippen LogP contribution in [-0.4, -0.2) is 9.55 Å². The molecule has 0 bridgehead atoms. The first-order valence-corrected chi connectivity index (χ1v) is 8.14. The van der Waals surface area contributed by atoms with Gasteiger partial charge in [0.2, 0.25) is 0 Å². The maximum atomic E-state index is 6.20. The highest BCUT2D eigenvalue weighted by Gasteiger charge is 2.07. The summed E-state index contributed by atoms with van der Waals surface area (Å²) in [5.41, 5.74) is 3.36. The van der Waals surface area contributed by atoms with Gasteiger partial charge in [-0.05, 0) is 42.3 Å². The third kappa shape index (κ3) is 4.52. The molecule has 126 valence electrons. The van der Waals surface area contributed by atoms with Gasteiger partial charge < -0.3 is 9.88 Å². The van der Waals surface area contributed by atoms with Crippen LogP contribution in [0.3, 0.4) is 0 Å². The predicted octanol–water partition coefficient (Wildman–Crippen LogP) is 5.45. The topological polar surface area (TPSA) is 29.9 Å². The average molecular weight is 383 g/mol. The van der Waals surface area contributed by atoms with E-state index in [-0.39, 0.29) is 18.4 Å². The molecule has 1 unspecified atom stereocenters. The highest BCUT2D eigenvalue weighted by Crippen LogP contribution is 2.22. The van der Waals surface area contributed by atoms with Gasteiger partial charge in [-0.15, -0.1) is 12.4 Å². The van der Waals surface area contributed by atoms with E-state index in [0.717, 1.165) is 11.3 Å². The molecule has 0 aliphatic heterocycles. The Labute approximate surface area is 158 Å². The maximum absolute atomic E-state index is 6.20. The Hall–Kier alpha value is -1.52. The van der Waals surface area contributed by atoms with Crippen molar-refractivity contribution < 1.29 is 0 Å². The smallest absolute Gasteiger partial charge is 0.0991 e. The van der Waals surface area contributed by atoms with E-state index in [9.17, 15) is 0 Å². The zero-order valence-electron chi connectivity index (χ0n) is 13.1. The van der Waals surface area contributed by atoms with Gasteiger partial charge in [-0.2, -0.15) is 0 Å². The number of halogens is 3. The van der Waals surface area contributed by atoms with Crippen LogP contribution in [0.5, 0.6) is 0 Å². The normalized spacial score (nSPS) is 11.8. The number of rotatable bonds is 5. The maximum Gasteiger partial charge on any atom is 0.0991 e. The first-order valence-electron chi connectivity index (χ1n) is 7.39. The molecule has 0 saturated heterocycles. The van der Waals surface area contributed by atoms with Crippen molar-refractivity contribution in [1.29, 1.82) is 0 Å². The van der Waals surface area contributed by atoms with E-state index in [0.29, 0.717) is 16.6 Å². The van der Waals surface area contributed by atoms with Crippen molar-refractivity contribution in [2.45, 2.75) is 19.5 Å². The molecular weight excluding hydrogens is 365 g/mol. The minimum absolute atomic E-state index is 0. The lowest BCUT2D eigenvalue weighted by Gasteiger charge is -2.16. The zero-order chi connectivity index (χ0) is 16.2. The van der Waals surface area contributed by atoms with Crippen molar-refractivity contribution in [2.75, 3.05) is 0 Å². The number of imidazole rings is 1.